The van der Waals surface area contributed by atoms with Gasteiger partial charge in [0.2, 0.25) is 0 Å². The molecule has 152 valence electrons. The van der Waals surface area contributed by atoms with E-state index < -0.39 is 40.4 Å². The van der Waals surface area contributed by atoms with Gasteiger partial charge in [-0.2, -0.15) is 23.3 Å². The smallest absolute Gasteiger partial charge is 0.362 e. The van der Waals surface area contributed by atoms with Gasteiger partial charge in [0.15, 0.2) is 0 Å². The molecule has 0 spiro atoms. The highest BCUT2D eigenvalue weighted by atomic mass is 19.4. The maximum absolute atomic E-state index is 13.7. The molecule has 7 nitrogen and oxygen atoms in total. The van der Waals surface area contributed by atoms with Crippen LogP contribution in [0.2, 0.25) is 0 Å². The highest BCUT2D eigenvalue weighted by Crippen LogP contribution is 2.42. The maximum atomic E-state index is 13.7. The Morgan fingerprint density at radius 3 is 2.48 bits per heavy atom. The van der Waals surface area contributed by atoms with Gasteiger partial charge in [-0.15, -0.1) is 0 Å². The Hall–Kier alpha value is -3.27. The SMILES string of the molecule is CCc1ccc(C2=NN(C(=O)c3cccc([N+](=O)[O-])c3)[C@@](O)(C(F)(F)F)C2)cc1. The number of hydrogen-bond donors (Lipinski definition) is 1. The summed E-state index contributed by atoms with van der Waals surface area (Å²) < 4.78 is 41.0. The monoisotopic (exact) mass is 407 g/mol. The van der Waals surface area contributed by atoms with Crippen molar-refractivity contribution in [2.24, 2.45) is 5.10 Å². The third kappa shape index (κ3) is 3.70. The molecule has 29 heavy (non-hydrogen) atoms. The maximum Gasteiger partial charge on any atom is 0.438 e. The third-order valence-corrected chi connectivity index (χ3v) is 4.63. The Morgan fingerprint density at radius 1 is 1.28 bits per heavy atom. The number of benzene rings is 2. The number of alkyl halides is 3. The zero-order valence-electron chi connectivity index (χ0n) is 15.2. The lowest BCUT2D eigenvalue weighted by atomic mass is 9.99. The van der Waals surface area contributed by atoms with Crippen LogP contribution in [-0.4, -0.2) is 38.6 Å². The quantitative estimate of drug-likeness (QED) is 0.618. The van der Waals surface area contributed by atoms with Gasteiger partial charge in [0.25, 0.3) is 17.3 Å². The minimum Gasteiger partial charge on any atom is -0.362 e. The number of amides is 1. The normalized spacial score (nSPS) is 19.2. The van der Waals surface area contributed by atoms with Gasteiger partial charge in [0.1, 0.15) is 0 Å². The van der Waals surface area contributed by atoms with E-state index in [1.807, 2.05) is 6.92 Å². The van der Waals surface area contributed by atoms with Crippen molar-refractivity contribution in [1.29, 1.82) is 0 Å². The molecule has 1 heterocycles. The summed E-state index contributed by atoms with van der Waals surface area (Å²) >= 11 is 0. The molecule has 0 fully saturated rings. The molecule has 0 radical (unpaired) electrons. The van der Waals surface area contributed by atoms with Gasteiger partial charge < -0.3 is 5.11 Å². The van der Waals surface area contributed by atoms with Crippen molar-refractivity contribution in [2.45, 2.75) is 31.7 Å². The van der Waals surface area contributed by atoms with Crippen molar-refractivity contribution in [3.8, 4) is 0 Å². The van der Waals surface area contributed by atoms with Gasteiger partial charge in [0, 0.05) is 17.7 Å². The van der Waals surface area contributed by atoms with E-state index in [-0.39, 0.29) is 10.7 Å². The molecular formula is C19H16F3N3O4. The second kappa shape index (κ2) is 7.28. The summed E-state index contributed by atoms with van der Waals surface area (Å²) in [5.74, 6) is -1.30. The summed E-state index contributed by atoms with van der Waals surface area (Å²) in [5, 5.41) is 25.0. The summed E-state index contributed by atoms with van der Waals surface area (Å²) in [7, 11) is 0. The van der Waals surface area contributed by atoms with E-state index in [2.05, 4.69) is 5.10 Å². The molecule has 10 heteroatoms. The molecule has 3 rings (SSSR count). The van der Waals surface area contributed by atoms with Crippen LogP contribution in [-0.2, 0) is 6.42 Å². The van der Waals surface area contributed by atoms with Gasteiger partial charge in [-0.25, -0.2) is 0 Å². The first kappa shape index (κ1) is 20.5. The Labute approximate surface area is 163 Å². The van der Waals surface area contributed by atoms with Crippen LogP contribution >= 0.6 is 0 Å². The molecule has 0 saturated heterocycles. The molecule has 0 bridgehead atoms. The Kier molecular flexibility index (Phi) is 5.14. The number of hydrazone groups is 1. The van der Waals surface area contributed by atoms with Crippen molar-refractivity contribution in [3.63, 3.8) is 0 Å². The van der Waals surface area contributed by atoms with Crippen molar-refractivity contribution in [1.82, 2.24) is 5.01 Å². The van der Waals surface area contributed by atoms with Crippen LogP contribution in [0, 0.1) is 10.1 Å². The molecular weight excluding hydrogens is 391 g/mol. The number of aryl methyl sites for hydroxylation is 1. The lowest BCUT2D eigenvalue weighted by Crippen LogP contribution is -2.56. The fourth-order valence-corrected chi connectivity index (χ4v) is 2.95. The topological polar surface area (TPSA) is 96.0 Å². The van der Waals surface area contributed by atoms with Gasteiger partial charge in [0.05, 0.1) is 17.1 Å². The van der Waals surface area contributed by atoms with E-state index in [1.165, 1.54) is 6.07 Å². The molecule has 2 aromatic carbocycles. The van der Waals surface area contributed by atoms with Gasteiger partial charge >= 0.3 is 6.18 Å². The zero-order chi connectivity index (χ0) is 21.4. The number of aliphatic hydroxyl groups is 1. The lowest BCUT2D eigenvalue weighted by molar-refractivity contribution is -0.384. The second-order valence-electron chi connectivity index (χ2n) is 6.51. The van der Waals surface area contributed by atoms with E-state index in [0.29, 0.717) is 5.56 Å². The van der Waals surface area contributed by atoms with Gasteiger partial charge in [-0.1, -0.05) is 37.3 Å². The highest BCUT2D eigenvalue weighted by molar-refractivity contribution is 6.05. The Morgan fingerprint density at radius 2 is 1.93 bits per heavy atom. The molecule has 1 N–H and O–H groups in total. The molecule has 0 aromatic heterocycles. The average molecular weight is 407 g/mol. The molecule has 0 saturated carbocycles. The molecule has 0 aliphatic carbocycles. The summed E-state index contributed by atoms with van der Waals surface area (Å²) in [4.78, 5) is 22.8. The van der Waals surface area contributed by atoms with Crippen LogP contribution in [0.3, 0.4) is 0 Å². The van der Waals surface area contributed by atoms with E-state index in [1.54, 1.807) is 24.3 Å². The first-order chi connectivity index (χ1) is 13.6. The minimum atomic E-state index is -5.20. The minimum absolute atomic E-state index is 0.0465. The van der Waals surface area contributed by atoms with Crippen LogP contribution < -0.4 is 0 Å². The van der Waals surface area contributed by atoms with Crippen molar-refractivity contribution >= 4 is 17.3 Å². The standard InChI is InChI=1S/C19H16F3N3O4/c1-2-12-6-8-13(9-7-12)16-11-18(27,19(20,21)22)24(23-16)17(26)14-4-3-5-15(10-14)25(28)29/h3-10,27H,2,11H2,1H3/t18-/m0/s1. The molecule has 1 aliphatic rings. The zero-order valence-corrected chi connectivity index (χ0v) is 15.2. The summed E-state index contributed by atoms with van der Waals surface area (Å²) in [6.07, 6.45) is -5.42. The number of rotatable bonds is 4. The van der Waals surface area contributed by atoms with Crippen molar-refractivity contribution in [3.05, 3.63) is 75.3 Å². The van der Waals surface area contributed by atoms with Crippen LogP contribution in [0.4, 0.5) is 18.9 Å². The molecule has 1 atom stereocenters. The van der Waals surface area contributed by atoms with Gasteiger partial charge in [-0.05, 0) is 23.6 Å². The summed E-state index contributed by atoms with van der Waals surface area (Å²) in [6.45, 7) is 1.92. The first-order valence-corrected chi connectivity index (χ1v) is 8.61. The number of carbonyl (C=O) groups excluding carboxylic acids is 1. The van der Waals surface area contributed by atoms with Crippen LogP contribution in [0.15, 0.2) is 53.6 Å². The van der Waals surface area contributed by atoms with E-state index >= 15 is 0 Å². The van der Waals surface area contributed by atoms with E-state index in [0.717, 1.165) is 30.2 Å². The number of halogens is 3. The first-order valence-electron chi connectivity index (χ1n) is 8.61. The second-order valence-corrected chi connectivity index (χ2v) is 6.51. The molecule has 0 unspecified atom stereocenters. The predicted octanol–water partition coefficient (Wildman–Crippen LogP) is 3.66. The Balaban J connectivity index is 2.04. The number of carbonyl (C=O) groups is 1. The molecule has 2 aromatic rings. The van der Waals surface area contributed by atoms with Crippen molar-refractivity contribution in [2.75, 3.05) is 0 Å². The molecule has 1 amide bonds. The number of nitro benzene ring substituents is 1. The Bertz CT molecular complexity index is 989. The number of non-ortho nitro benzene ring substituents is 1. The highest BCUT2D eigenvalue weighted by Gasteiger charge is 2.63. The van der Waals surface area contributed by atoms with E-state index in [9.17, 15) is 33.2 Å². The average Bonchev–Trinajstić information content (AvgIpc) is 3.06. The van der Waals surface area contributed by atoms with E-state index in [4.69, 9.17) is 0 Å². The fraction of sp³-hybridized carbons (Fsp3) is 0.263. The number of nitrogens with zero attached hydrogens (tertiary/aromatic N) is 3. The largest absolute Gasteiger partial charge is 0.438 e. The predicted molar refractivity (Wildman–Crippen MR) is 97.2 cm³/mol. The van der Waals surface area contributed by atoms with Crippen molar-refractivity contribution < 1.29 is 28.0 Å². The fourth-order valence-electron chi connectivity index (χ4n) is 2.95. The van der Waals surface area contributed by atoms with Crippen LogP contribution in [0.1, 0.15) is 34.8 Å². The van der Waals surface area contributed by atoms with Crippen LogP contribution in [0.5, 0.6) is 0 Å². The number of hydrogen-bond acceptors (Lipinski definition) is 5. The lowest BCUT2D eigenvalue weighted by Gasteiger charge is -2.32. The number of nitro groups is 1. The summed E-state index contributed by atoms with van der Waals surface area (Å²) in [5.41, 5.74) is -3.25. The van der Waals surface area contributed by atoms with Gasteiger partial charge in [-0.3, -0.25) is 14.9 Å². The molecule has 1 aliphatic heterocycles. The summed E-state index contributed by atoms with van der Waals surface area (Å²) in [6, 6.07) is 10.8. The van der Waals surface area contributed by atoms with Crippen LogP contribution in [0.25, 0.3) is 0 Å². The third-order valence-electron chi connectivity index (χ3n) is 4.63.